The third kappa shape index (κ3) is 4.35. The maximum atomic E-state index is 10.6. The van der Waals surface area contributed by atoms with Crippen LogP contribution in [-0.4, -0.2) is 35.4 Å². The number of carboxylic acids is 1. The van der Waals surface area contributed by atoms with Crippen LogP contribution in [0, 0.1) is 6.92 Å². The van der Waals surface area contributed by atoms with Crippen molar-refractivity contribution < 1.29 is 19.4 Å². The summed E-state index contributed by atoms with van der Waals surface area (Å²) in [5.41, 5.74) is 1.35. The molecule has 1 aromatic heterocycles. The van der Waals surface area contributed by atoms with Crippen molar-refractivity contribution in [3.05, 3.63) is 29.6 Å². The van der Waals surface area contributed by atoms with Gasteiger partial charge in [-0.05, 0) is 44.4 Å². The molecule has 1 aliphatic heterocycles. The molecular weight excluding hydrogens is 258 g/mol. The Labute approximate surface area is 118 Å². The monoisotopic (exact) mass is 277 g/mol. The lowest BCUT2D eigenvalue weighted by atomic mass is 10.1. The van der Waals surface area contributed by atoms with Crippen LogP contribution in [0.1, 0.15) is 30.7 Å². The minimum Gasteiger partial charge on any atom is -0.489 e. The molecule has 0 aliphatic carbocycles. The summed E-state index contributed by atoms with van der Waals surface area (Å²) in [6, 6.07) is 3.65. The van der Waals surface area contributed by atoms with E-state index in [4.69, 9.17) is 14.6 Å². The van der Waals surface area contributed by atoms with Gasteiger partial charge in [-0.1, -0.05) is 0 Å². The van der Waals surface area contributed by atoms with E-state index in [-0.39, 0.29) is 6.10 Å². The maximum Gasteiger partial charge on any atom is 0.328 e. The lowest BCUT2D eigenvalue weighted by Crippen LogP contribution is -2.26. The fourth-order valence-corrected chi connectivity index (χ4v) is 2.08. The molecule has 0 amide bonds. The van der Waals surface area contributed by atoms with E-state index in [0.29, 0.717) is 18.1 Å². The molecule has 1 unspecified atom stereocenters. The van der Waals surface area contributed by atoms with Gasteiger partial charge in [0, 0.05) is 18.4 Å². The lowest BCUT2D eigenvalue weighted by molar-refractivity contribution is -0.131. The van der Waals surface area contributed by atoms with E-state index in [1.165, 1.54) is 6.08 Å². The Morgan fingerprint density at radius 3 is 3.10 bits per heavy atom. The molecular formula is C15H19NO4. The average Bonchev–Trinajstić information content (AvgIpc) is 2.45. The number of hydrogen-bond acceptors (Lipinski definition) is 4. The largest absolute Gasteiger partial charge is 0.489 e. The molecule has 2 heterocycles. The molecule has 0 bridgehead atoms. The topological polar surface area (TPSA) is 68.7 Å². The standard InChI is InChI=1S/C15H19NO4/c1-11-5-7-14(13(16-11)6-8-15(17)18)20-10-12-4-2-3-9-19-12/h5-8,12H,2-4,9-10H2,1H3,(H,17,18). The highest BCUT2D eigenvalue weighted by Crippen LogP contribution is 2.20. The zero-order valence-electron chi connectivity index (χ0n) is 11.5. The molecule has 0 aromatic carbocycles. The van der Waals surface area contributed by atoms with Gasteiger partial charge in [0.2, 0.25) is 0 Å². The number of rotatable bonds is 5. The van der Waals surface area contributed by atoms with E-state index in [9.17, 15) is 4.79 Å². The van der Waals surface area contributed by atoms with Gasteiger partial charge in [-0.3, -0.25) is 0 Å². The highest BCUT2D eigenvalue weighted by molar-refractivity contribution is 5.85. The number of hydrogen-bond donors (Lipinski definition) is 1. The van der Waals surface area contributed by atoms with Crippen molar-refractivity contribution >= 4 is 12.0 Å². The van der Waals surface area contributed by atoms with E-state index in [2.05, 4.69) is 4.98 Å². The normalized spacial score (nSPS) is 19.1. The first kappa shape index (κ1) is 14.5. The van der Waals surface area contributed by atoms with Gasteiger partial charge in [-0.2, -0.15) is 0 Å². The first-order chi connectivity index (χ1) is 9.65. The summed E-state index contributed by atoms with van der Waals surface area (Å²) in [4.78, 5) is 14.9. The Bertz CT molecular complexity index is 493. The SMILES string of the molecule is Cc1ccc(OCC2CCCCO2)c(C=CC(=O)O)n1. The minimum atomic E-state index is -1.00. The first-order valence-corrected chi connectivity index (χ1v) is 6.78. The van der Waals surface area contributed by atoms with Crippen LogP contribution in [0.15, 0.2) is 18.2 Å². The van der Waals surface area contributed by atoms with Crippen LogP contribution < -0.4 is 4.74 Å². The van der Waals surface area contributed by atoms with Crippen molar-refractivity contribution in [1.82, 2.24) is 4.98 Å². The van der Waals surface area contributed by atoms with E-state index >= 15 is 0 Å². The van der Waals surface area contributed by atoms with Gasteiger partial charge in [-0.25, -0.2) is 9.78 Å². The molecule has 1 aliphatic rings. The zero-order chi connectivity index (χ0) is 14.4. The Kier molecular flexibility index (Phi) is 5.12. The van der Waals surface area contributed by atoms with Gasteiger partial charge in [0.15, 0.2) is 0 Å². The first-order valence-electron chi connectivity index (χ1n) is 6.78. The van der Waals surface area contributed by atoms with Crippen molar-refractivity contribution in [3.8, 4) is 5.75 Å². The zero-order valence-corrected chi connectivity index (χ0v) is 11.5. The van der Waals surface area contributed by atoms with E-state index < -0.39 is 5.97 Å². The second-order valence-electron chi connectivity index (χ2n) is 4.81. The van der Waals surface area contributed by atoms with Crippen LogP contribution in [0.25, 0.3) is 6.08 Å². The van der Waals surface area contributed by atoms with Crippen molar-refractivity contribution in [1.29, 1.82) is 0 Å². The number of nitrogens with zero attached hydrogens (tertiary/aromatic N) is 1. The Hall–Kier alpha value is -1.88. The fraction of sp³-hybridized carbons (Fsp3) is 0.467. The van der Waals surface area contributed by atoms with E-state index in [1.54, 1.807) is 0 Å². The molecule has 1 N–H and O–H groups in total. The van der Waals surface area contributed by atoms with Gasteiger partial charge >= 0.3 is 5.97 Å². The third-order valence-electron chi connectivity index (χ3n) is 3.11. The molecule has 0 spiro atoms. The molecule has 0 saturated carbocycles. The number of aryl methyl sites for hydroxylation is 1. The summed E-state index contributed by atoms with van der Waals surface area (Å²) >= 11 is 0. The average molecular weight is 277 g/mol. The molecule has 1 saturated heterocycles. The van der Waals surface area contributed by atoms with Gasteiger partial charge in [0.1, 0.15) is 18.1 Å². The molecule has 1 atom stereocenters. The van der Waals surface area contributed by atoms with E-state index in [0.717, 1.165) is 37.6 Å². The number of carboxylic acid groups (broad SMARTS) is 1. The summed E-state index contributed by atoms with van der Waals surface area (Å²) in [5, 5.41) is 8.69. The van der Waals surface area contributed by atoms with Crippen LogP contribution in [0.5, 0.6) is 5.75 Å². The number of aromatic nitrogens is 1. The number of ether oxygens (including phenoxy) is 2. The number of pyridine rings is 1. The highest BCUT2D eigenvalue weighted by Gasteiger charge is 2.15. The number of carbonyl (C=O) groups is 1. The molecule has 5 heteroatoms. The quantitative estimate of drug-likeness (QED) is 0.837. The fourth-order valence-electron chi connectivity index (χ4n) is 2.08. The summed E-state index contributed by atoms with van der Waals surface area (Å²) in [6.45, 7) is 3.11. The molecule has 2 rings (SSSR count). The number of aliphatic carboxylic acids is 1. The van der Waals surface area contributed by atoms with Crippen molar-refractivity contribution in [3.63, 3.8) is 0 Å². The molecule has 1 fully saturated rings. The van der Waals surface area contributed by atoms with Gasteiger partial charge in [-0.15, -0.1) is 0 Å². The van der Waals surface area contributed by atoms with Crippen molar-refractivity contribution in [2.24, 2.45) is 0 Å². The van der Waals surface area contributed by atoms with Crippen LogP contribution >= 0.6 is 0 Å². The van der Waals surface area contributed by atoms with Crippen molar-refractivity contribution in [2.75, 3.05) is 13.2 Å². The summed E-state index contributed by atoms with van der Waals surface area (Å²) < 4.78 is 11.3. The second kappa shape index (κ2) is 7.05. The van der Waals surface area contributed by atoms with Crippen LogP contribution in [0.2, 0.25) is 0 Å². The van der Waals surface area contributed by atoms with Gasteiger partial charge < -0.3 is 14.6 Å². The molecule has 108 valence electrons. The third-order valence-corrected chi connectivity index (χ3v) is 3.11. The predicted octanol–water partition coefficient (Wildman–Crippen LogP) is 2.44. The second-order valence-corrected chi connectivity index (χ2v) is 4.81. The highest BCUT2D eigenvalue weighted by atomic mass is 16.5. The maximum absolute atomic E-state index is 10.6. The molecule has 5 nitrogen and oxygen atoms in total. The summed E-state index contributed by atoms with van der Waals surface area (Å²) in [5.74, 6) is -0.419. The smallest absolute Gasteiger partial charge is 0.328 e. The van der Waals surface area contributed by atoms with E-state index in [1.807, 2.05) is 19.1 Å². The Morgan fingerprint density at radius 1 is 1.55 bits per heavy atom. The van der Waals surface area contributed by atoms with Crippen LogP contribution in [0.3, 0.4) is 0 Å². The lowest BCUT2D eigenvalue weighted by Gasteiger charge is -2.22. The molecule has 1 aromatic rings. The molecule has 20 heavy (non-hydrogen) atoms. The minimum absolute atomic E-state index is 0.112. The Balaban J connectivity index is 2.03. The van der Waals surface area contributed by atoms with Gasteiger partial charge in [0.05, 0.1) is 6.10 Å². The molecule has 0 radical (unpaired) electrons. The Morgan fingerprint density at radius 2 is 2.40 bits per heavy atom. The van der Waals surface area contributed by atoms with Gasteiger partial charge in [0.25, 0.3) is 0 Å². The van der Waals surface area contributed by atoms with Crippen LogP contribution in [-0.2, 0) is 9.53 Å². The van der Waals surface area contributed by atoms with Crippen molar-refractivity contribution in [2.45, 2.75) is 32.3 Å². The predicted molar refractivity (Wildman–Crippen MR) is 74.7 cm³/mol. The summed E-state index contributed by atoms with van der Waals surface area (Å²) in [7, 11) is 0. The van der Waals surface area contributed by atoms with Crippen LogP contribution in [0.4, 0.5) is 0 Å². The summed E-state index contributed by atoms with van der Waals surface area (Å²) in [6.07, 6.45) is 5.89.